The van der Waals surface area contributed by atoms with E-state index >= 15 is 0 Å². The maximum Gasteiger partial charge on any atom is 0.264 e. The van der Waals surface area contributed by atoms with Crippen LogP contribution in [-0.2, 0) is 26.2 Å². The fourth-order valence-corrected chi connectivity index (χ4v) is 5.81. The van der Waals surface area contributed by atoms with Gasteiger partial charge in [-0.05, 0) is 75.2 Å². The summed E-state index contributed by atoms with van der Waals surface area (Å²) >= 11 is 6.29. The van der Waals surface area contributed by atoms with E-state index in [4.69, 9.17) is 21.1 Å². The normalized spacial score (nSPS) is 12.6. The zero-order chi connectivity index (χ0) is 31.0. The standard InChI is InChI=1S/C31H38ClN3O6S/c1-7-22(3)33-31(37)23(4)34(19-24-9-8-10-26(17-24)40-5)30(36)20-35(28-18-25(32)13-16-29(28)41-6)42(38,39)27-14-11-21(2)12-15-27/h8-18,22-23H,7,19-20H2,1-6H3,(H,33,37)/t22-,23-/m0/s1. The number of methoxy groups -OCH3 is 2. The van der Waals surface area contributed by atoms with Crippen molar-refractivity contribution in [3.05, 3.63) is 82.9 Å². The van der Waals surface area contributed by atoms with Crippen LogP contribution in [0.1, 0.15) is 38.3 Å². The molecule has 0 saturated heterocycles. The van der Waals surface area contributed by atoms with E-state index in [9.17, 15) is 18.0 Å². The second-order valence-corrected chi connectivity index (χ2v) is 12.3. The second kappa shape index (κ2) is 14.4. The molecule has 9 nitrogen and oxygen atoms in total. The number of nitrogens with one attached hydrogen (secondary N) is 1. The molecular formula is C31H38ClN3O6S. The van der Waals surface area contributed by atoms with E-state index < -0.39 is 28.5 Å². The van der Waals surface area contributed by atoms with Gasteiger partial charge in [0, 0.05) is 17.6 Å². The van der Waals surface area contributed by atoms with Crippen molar-refractivity contribution < 1.29 is 27.5 Å². The number of anilines is 1. The van der Waals surface area contributed by atoms with Crippen LogP contribution in [0.3, 0.4) is 0 Å². The highest BCUT2D eigenvalue weighted by atomic mass is 35.5. The summed E-state index contributed by atoms with van der Waals surface area (Å²) in [6, 6.07) is 17.0. The molecule has 3 aromatic carbocycles. The van der Waals surface area contributed by atoms with Gasteiger partial charge in [-0.1, -0.05) is 48.4 Å². The Bertz CT molecular complexity index is 1500. The van der Waals surface area contributed by atoms with Crippen LogP contribution in [0.15, 0.2) is 71.6 Å². The fourth-order valence-electron chi connectivity index (χ4n) is 4.22. The Morgan fingerprint density at radius 2 is 1.67 bits per heavy atom. The van der Waals surface area contributed by atoms with Gasteiger partial charge in [0.2, 0.25) is 11.8 Å². The van der Waals surface area contributed by atoms with E-state index in [0.29, 0.717) is 17.7 Å². The van der Waals surface area contributed by atoms with Gasteiger partial charge in [-0.25, -0.2) is 8.42 Å². The molecule has 0 aromatic heterocycles. The third-order valence-electron chi connectivity index (χ3n) is 6.95. The van der Waals surface area contributed by atoms with Crippen LogP contribution in [0.25, 0.3) is 0 Å². The molecule has 0 fully saturated rings. The lowest BCUT2D eigenvalue weighted by molar-refractivity contribution is -0.139. The Balaban J connectivity index is 2.10. The number of rotatable bonds is 13. The van der Waals surface area contributed by atoms with Crippen molar-refractivity contribution in [3.8, 4) is 11.5 Å². The molecule has 42 heavy (non-hydrogen) atoms. The van der Waals surface area contributed by atoms with E-state index in [1.54, 1.807) is 43.3 Å². The summed E-state index contributed by atoms with van der Waals surface area (Å²) in [5.41, 5.74) is 1.68. The molecule has 0 aliphatic heterocycles. The molecule has 1 N–H and O–H groups in total. The summed E-state index contributed by atoms with van der Waals surface area (Å²) < 4.78 is 39.9. The predicted octanol–water partition coefficient (Wildman–Crippen LogP) is 5.19. The number of ether oxygens (including phenoxy) is 2. The Hall–Kier alpha value is -3.76. The molecule has 0 radical (unpaired) electrons. The zero-order valence-electron chi connectivity index (χ0n) is 24.8. The number of nitrogens with zero attached hydrogens (tertiary/aromatic N) is 2. The number of carbonyl (C=O) groups is 2. The average Bonchev–Trinajstić information content (AvgIpc) is 2.98. The number of aryl methyl sites for hydroxylation is 1. The number of hydrogen-bond donors (Lipinski definition) is 1. The molecule has 3 rings (SSSR count). The first kappa shape index (κ1) is 32.8. The van der Waals surface area contributed by atoms with Gasteiger partial charge in [-0.3, -0.25) is 13.9 Å². The monoisotopic (exact) mass is 615 g/mol. The van der Waals surface area contributed by atoms with Crippen molar-refractivity contribution in [3.63, 3.8) is 0 Å². The molecule has 0 spiro atoms. The summed E-state index contributed by atoms with van der Waals surface area (Å²) in [4.78, 5) is 28.7. The lowest BCUT2D eigenvalue weighted by Crippen LogP contribution is -2.52. The number of sulfonamides is 1. The molecule has 11 heteroatoms. The quantitative estimate of drug-likeness (QED) is 0.284. The molecule has 226 valence electrons. The number of hydrogen-bond acceptors (Lipinski definition) is 6. The van der Waals surface area contributed by atoms with Gasteiger partial charge in [0.1, 0.15) is 24.1 Å². The summed E-state index contributed by atoms with van der Waals surface area (Å²) in [7, 11) is -1.33. The van der Waals surface area contributed by atoms with Crippen LogP contribution in [-0.4, -0.2) is 58.0 Å². The van der Waals surface area contributed by atoms with E-state index in [-0.39, 0.29) is 39.8 Å². The van der Waals surface area contributed by atoms with Crippen molar-refractivity contribution in [2.45, 2.75) is 57.6 Å². The first-order valence-electron chi connectivity index (χ1n) is 13.6. The van der Waals surface area contributed by atoms with E-state index in [2.05, 4.69) is 5.32 Å². The van der Waals surface area contributed by atoms with Crippen molar-refractivity contribution in [1.82, 2.24) is 10.2 Å². The molecular weight excluding hydrogens is 578 g/mol. The van der Waals surface area contributed by atoms with Crippen LogP contribution >= 0.6 is 11.6 Å². The Labute approximate surface area is 253 Å². The first-order valence-corrected chi connectivity index (χ1v) is 15.4. The molecule has 0 saturated carbocycles. The van der Waals surface area contributed by atoms with Crippen molar-refractivity contribution in [2.24, 2.45) is 0 Å². The van der Waals surface area contributed by atoms with Gasteiger partial charge < -0.3 is 19.7 Å². The number of halogens is 1. The third-order valence-corrected chi connectivity index (χ3v) is 8.96. The molecule has 3 aromatic rings. The Kier molecular flexibility index (Phi) is 11.2. The second-order valence-electron chi connectivity index (χ2n) is 10.0. The van der Waals surface area contributed by atoms with Crippen molar-refractivity contribution >= 4 is 39.1 Å². The van der Waals surface area contributed by atoms with Gasteiger partial charge in [-0.2, -0.15) is 0 Å². The van der Waals surface area contributed by atoms with E-state index in [1.807, 2.05) is 26.8 Å². The van der Waals surface area contributed by atoms with Gasteiger partial charge >= 0.3 is 0 Å². The Morgan fingerprint density at radius 1 is 0.976 bits per heavy atom. The SMILES string of the molecule is CC[C@H](C)NC(=O)[C@H](C)N(Cc1cccc(OC)c1)C(=O)CN(c1cc(Cl)ccc1OC)S(=O)(=O)c1ccc(C)cc1. The van der Waals surface area contributed by atoms with Crippen molar-refractivity contribution in [2.75, 3.05) is 25.1 Å². The molecule has 2 atom stereocenters. The third kappa shape index (κ3) is 7.95. The minimum atomic E-state index is -4.27. The number of carbonyl (C=O) groups excluding carboxylic acids is 2. The summed E-state index contributed by atoms with van der Waals surface area (Å²) in [6.07, 6.45) is 0.708. The lowest BCUT2D eigenvalue weighted by atomic mass is 10.1. The zero-order valence-corrected chi connectivity index (χ0v) is 26.3. The van der Waals surface area contributed by atoms with Crippen LogP contribution in [0, 0.1) is 6.92 Å². The maximum absolute atomic E-state index is 14.1. The fraction of sp³-hybridized carbons (Fsp3) is 0.355. The highest BCUT2D eigenvalue weighted by Crippen LogP contribution is 2.35. The van der Waals surface area contributed by atoms with E-state index in [0.717, 1.165) is 9.87 Å². The number of amides is 2. The van der Waals surface area contributed by atoms with Crippen molar-refractivity contribution in [1.29, 1.82) is 0 Å². The van der Waals surface area contributed by atoms with Gasteiger partial charge in [0.15, 0.2) is 0 Å². The van der Waals surface area contributed by atoms with Crippen LogP contribution in [0.4, 0.5) is 5.69 Å². The molecule has 0 unspecified atom stereocenters. The Morgan fingerprint density at radius 3 is 2.29 bits per heavy atom. The lowest BCUT2D eigenvalue weighted by Gasteiger charge is -2.33. The molecule has 0 aliphatic carbocycles. The largest absolute Gasteiger partial charge is 0.497 e. The number of benzene rings is 3. The molecule has 2 amide bonds. The maximum atomic E-state index is 14.1. The molecule has 0 aliphatic rings. The molecule has 0 bridgehead atoms. The first-order chi connectivity index (χ1) is 19.9. The minimum Gasteiger partial charge on any atom is -0.497 e. The molecule has 0 heterocycles. The topological polar surface area (TPSA) is 105 Å². The minimum absolute atomic E-state index is 0.00941. The highest BCUT2D eigenvalue weighted by molar-refractivity contribution is 7.92. The van der Waals surface area contributed by atoms with Crippen LogP contribution < -0.4 is 19.1 Å². The smallest absolute Gasteiger partial charge is 0.264 e. The highest BCUT2D eigenvalue weighted by Gasteiger charge is 2.34. The van der Waals surface area contributed by atoms with Gasteiger partial charge in [0.25, 0.3) is 10.0 Å². The van der Waals surface area contributed by atoms with E-state index in [1.165, 1.54) is 43.4 Å². The van der Waals surface area contributed by atoms with Gasteiger partial charge in [0.05, 0.1) is 24.8 Å². The average molecular weight is 616 g/mol. The summed E-state index contributed by atoms with van der Waals surface area (Å²) in [5, 5.41) is 3.18. The van der Waals surface area contributed by atoms with Crippen LogP contribution in [0.5, 0.6) is 11.5 Å². The summed E-state index contributed by atoms with van der Waals surface area (Å²) in [5.74, 6) is -0.148. The van der Waals surface area contributed by atoms with Gasteiger partial charge in [-0.15, -0.1) is 0 Å². The predicted molar refractivity (Wildman–Crippen MR) is 165 cm³/mol. The summed E-state index contributed by atoms with van der Waals surface area (Å²) in [6.45, 7) is 6.71. The van der Waals surface area contributed by atoms with Crippen LogP contribution in [0.2, 0.25) is 5.02 Å².